The summed E-state index contributed by atoms with van der Waals surface area (Å²) in [4.78, 5) is 24.3. The number of benzene rings is 1. The van der Waals surface area contributed by atoms with Gasteiger partial charge in [-0.3, -0.25) is 4.79 Å². The molecule has 4 fully saturated rings. The zero-order valence-corrected chi connectivity index (χ0v) is 15.7. The third kappa shape index (κ3) is 4.04. The number of rotatable bonds is 7. The molecule has 0 atom stereocenters. The lowest BCUT2D eigenvalue weighted by Gasteiger charge is -2.56. The summed E-state index contributed by atoms with van der Waals surface area (Å²) in [5, 5.41) is 3.19. The average Bonchev–Trinajstić information content (AvgIpc) is 2.63. The Morgan fingerprint density at radius 2 is 1.59 bits per heavy atom. The van der Waals surface area contributed by atoms with Crippen LogP contribution in [-0.2, 0) is 14.3 Å². The molecule has 1 aromatic rings. The van der Waals surface area contributed by atoms with Gasteiger partial charge < -0.3 is 19.5 Å². The largest absolute Gasteiger partial charge is 0.493 e. The Balaban J connectivity index is 1.23. The van der Waals surface area contributed by atoms with Gasteiger partial charge in [0.1, 0.15) is 0 Å². The first-order valence-electron chi connectivity index (χ1n) is 9.78. The van der Waals surface area contributed by atoms with Gasteiger partial charge in [0.2, 0.25) is 0 Å². The number of hydrogen-bond donors (Lipinski definition) is 1. The normalized spacial score (nSPS) is 30.6. The number of hydrogen-bond acceptors (Lipinski definition) is 5. The van der Waals surface area contributed by atoms with Crippen molar-refractivity contribution in [2.24, 2.45) is 17.8 Å². The number of nitrogens with one attached hydrogen (secondary N) is 1. The van der Waals surface area contributed by atoms with Crippen molar-refractivity contribution in [2.75, 3.05) is 20.3 Å². The molecule has 4 saturated carbocycles. The topological polar surface area (TPSA) is 73.9 Å². The molecule has 0 radical (unpaired) electrons. The molecule has 1 aromatic carbocycles. The van der Waals surface area contributed by atoms with E-state index in [1.165, 1.54) is 26.4 Å². The highest BCUT2D eigenvalue weighted by molar-refractivity contribution is 5.81. The van der Waals surface area contributed by atoms with E-state index < -0.39 is 5.97 Å². The van der Waals surface area contributed by atoms with Gasteiger partial charge in [0.25, 0.3) is 5.91 Å². The number of ether oxygens (including phenoxy) is 3. The van der Waals surface area contributed by atoms with Gasteiger partial charge in [-0.05, 0) is 68.4 Å². The molecule has 0 aliphatic heterocycles. The first kappa shape index (κ1) is 18.1. The molecule has 6 nitrogen and oxygen atoms in total. The molecule has 4 bridgehead atoms. The lowest BCUT2D eigenvalue weighted by molar-refractivity contribution is -0.151. The summed E-state index contributed by atoms with van der Waals surface area (Å²) in [5.74, 6) is 2.51. The smallest absolute Gasteiger partial charge is 0.344 e. The molecular weight excluding hydrogens is 346 g/mol. The Hall–Kier alpha value is -2.24. The zero-order valence-electron chi connectivity index (χ0n) is 15.7. The molecule has 0 heterocycles. The summed E-state index contributed by atoms with van der Waals surface area (Å²) in [6.45, 7) is -0.513. The standard InChI is InChI=1S/C21H27NO5/c1-25-17-4-2-3-5-18(17)26-13-20(24)27-12-19(23)22-21-9-14-6-15(10-21)8-16(7-14)11-21/h2-5,14-16H,6-13H2,1H3,(H,22,23). The van der Waals surface area contributed by atoms with Crippen molar-refractivity contribution in [1.29, 1.82) is 0 Å². The SMILES string of the molecule is COc1ccccc1OCC(=O)OCC(=O)NC12CC3CC(CC(C3)C1)C2. The molecule has 4 aliphatic rings. The number of carbonyl (C=O) groups excluding carboxylic acids is 2. The number of amides is 1. The Labute approximate surface area is 159 Å². The van der Waals surface area contributed by atoms with E-state index in [1.807, 2.05) is 6.07 Å². The van der Waals surface area contributed by atoms with Gasteiger partial charge in [-0.2, -0.15) is 0 Å². The fourth-order valence-electron chi connectivity index (χ4n) is 5.66. The summed E-state index contributed by atoms with van der Waals surface area (Å²) in [7, 11) is 1.54. The second-order valence-electron chi connectivity index (χ2n) is 8.35. The quantitative estimate of drug-likeness (QED) is 0.744. The van der Waals surface area contributed by atoms with E-state index in [0.29, 0.717) is 11.5 Å². The Bertz CT molecular complexity index is 681. The van der Waals surface area contributed by atoms with Crippen molar-refractivity contribution >= 4 is 11.9 Å². The van der Waals surface area contributed by atoms with E-state index in [9.17, 15) is 9.59 Å². The molecule has 0 aromatic heterocycles. The van der Waals surface area contributed by atoms with Crippen molar-refractivity contribution in [2.45, 2.75) is 44.1 Å². The van der Waals surface area contributed by atoms with Crippen LogP contribution < -0.4 is 14.8 Å². The monoisotopic (exact) mass is 373 g/mol. The molecule has 0 unspecified atom stereocenters. The Morgan fingerprint density at radius 3 is 2.19 bits per heavy atom. The van der Waals surface area contributed by atoms with Crippen LogP contribution in [0.1, 0.15) is 38.5 Å². The van der Waals surface area contributed by atoms with Crippen LogP contribution in [0.5, 0.6) is 11.5 Å². The highest BCUT2D eigenvalue weighted by Crippen LogP contribution is 2.55. The summed E-state index contributed by atoms with van der Waals surface area (Å²) in [6.07, 6.45) is 7.21. The molecule has 27 heavy (non-hydrogen) atoms. The highest BCUT2D eigenvalue weighted by atomic mass is 16.6. The van der Waals surface area contributed by atoms with Gasteiger partial charge in [-0.15, -0.1) is 0 Å². The van der Waals surface area contributed by atoms with E-state index in [2.05, 4.69) is 5.32 Å². The zero-order chi connectivity index (χ0) is 18.9. The van der Waals surface area contributed by atoms with Crippen molar-refractivity contribution in [3.63, 3.8) is 0 Å². The molecule has 1 N–H and O–H groups in total. The molecule has 1 amide bonds. The van der Waals surface area contributed by atoms with Crippen LogP contribution in [0.2, 0.25) is 0 Å². The van der Waals surface area contributed by atoms with Crippen LogP contribution in [0.25, 0.3) is 0 Å². The maximum absolute atomic E-state index is 12.4. The lowest BCUT2D eigenvalue weighted by atomic mass is 9.53. The predicted molar refractivity (Wildman–Crippen MR) is 98.5 cm³/mol. The third-order valence-electron chi connectivity index (χ3n) is 6.22. The van der Waals surface area contributed by atoms with E-state index in [1.54, 1.807) is 18.2 Å². The van der Waals surface area contributed by atoms with E-state index >= 15 is 0 Å². The lowest BCUT2D eigenvalue weighted by Crippen LogP contribution is -2.60. The van der Waals surface area contributed by atoms with Crippen LogP contribution in [0, 0.1) is 17.8 Å². The molecule has 5 rings (SSSR count). The van der Waals surface area contributed by atoms with Gasteiger partial charge in [0, 0.05) is 5.54 Å². The van der Waals surface area contributed by atoms with Gasteiger partial charge in [-0.1, -0.05) is 12.1 Å². The van der Waals surface area contributed by atoms with Crippen molar-refractivity contribution in [3.05, 3.63) is 24.3 Å². The molecule has 4 aliphatic carbocycles. The number of methoxy groups -OCH3 is 1. The molecule has 0 spiro atoms. The minimum absolute atomic E-state index is 0.0633. The Kier molecular flexibility index (Phi) is 4.98. The maximum Gasteiger partial charge on any atom is 0.344 e. The highest BCUT2D eigenvalue weighted by Gasteiger charge is 2.51. The first-order valence-corrected chi connectivity index (χ1v) is 9.78. The van der Waals surface area contributed by atoms with Crippen molar-refractivity contribution < 1.29 is 23.8 Å². The second kappa shape index (κ2) is 7.41. The molecule has 6 heteroatoms. The summed E-state index contributed by atoms with van der Waals surface area (Å²) >= 11 is 0. The number of esters is 1. The fraction of sp³-hybridized carbons (Fsp3) is 0.619. The van der Waals surface area contributed by atoms with Gasteiger partial charge in [0.15, 0.2) is 24.7 Å². The van der Waals surface area contributed by atoms with Crippen LogP contribution in [0.15, 0.2) is 24.3 Å². The van der Waals surface area contributed by atoms with Crippen LogP contribution in [0.3, 0.4) is 0 Å². The molecule has 146 valence electrons. The summed E-state index contributed by atoms with van der Waals surface area (Å²) < 4.78 is 15.7. The van der Waals surface area contributed by atoms with Crippen LogP contribution in [-0.4, -0.2) is 37.7 Å². The summed E-state index contributed by atoms with van der Waals surface area (Å²) in [6, 6.07) is 7.08. The average molecular weight is 373 g/mol. The van der Waals surface area contributed by atoms with E-state index in [0.717, 1.165) is 37.0 Å². The maximum atomic E-state index is 12.4. The minimum Gasteiger partial charge on any atom is -0.493 e. The summed E-state index contributed by atoms with van der Waals surface area (Å²) in [5.41, 5.74) is -0.0633. The van der Waals surface area contributed by atoms with Gasteiger partial charge >= 0.3 is 5.97 Å². The number of carbonyl (C=O) groups is 2. The molecular formula is C21H27NO5. The third-order valence-corrected chi connectivity index (χ3v) is 6.22. The van der Waals surface area contributed by atoms with Gasteiger partial charge in [0.05, 0.1) is 7.11 Å². The second-order valence-corrected chi connectivity index (χ2v) is 8.35. The van der Waals surface area contributed by atoms with Gasteiger partial charge in [-0.25, -0.2) is 4.79 Å². The first-order chi connectivity index (χ1) is 13.0. The van der Waals surface area contributed by atoms with Crippen molar-refractivity contribution in [3.8, 4) is 11.5 Å². The minimum atomic E-state index is -0.568. The fourth-order valence-corrected chi connectivity index (χ4v) is 5.66. The van der Waals surface area contributed by atoms with Crippen LogP contribution >= 0.6 is 0 Å². The predicted octanol–water partition coefficient (Wildman–Crippen LogP) is 2.70. The van der Waals surface area contributed by atoms with E-state index in [4.69, 9.17) is 14.2 Å². The van der Waals surface area contributed by atoms with Crippen LogP contribution in [0.4, 0.5) is 0 Å². The van der Waals surface area contributed by atoms with E-state index in [-0.39, 0.29) is 24.7 Å². The number of para-hydroxylation sites is 2. The Morgan fingerprint density at radius 1 is 1.00 bits per heavy atom. The molecule has 0 saturated heterocycles. The van der Waals surface area contributed by atoms with Crippen molar-refractivity contribution in [1.82, 2.24) is 5.32 Å².